The Morgan fingerprint density at radius 1 is 1.31 bits per heavy atom. The van der Waals surface area contributed by atoms with E-state index in [0.29, 0.717) is 0 Å². The predicted molar refractivity (Wildman–Crippen MR) is 53.0 cm³/mol. The van der Waals surface area contributed by atoms with Gasteiger partial charge in [0.25, 0.3) is 0 Å². The molecular formula is C11H14O2. The van der Waals surface area contributed by atoms with E-state index < -0.39 is 0 Å². The Kier molecular flexibility index (Phi) is 2.61. The predicted octanol–water partition coefficient (Wildman–Crippen LogP) is 2.78. The first-order chi connectivity index (χ1) is 6.02. The maximum absolute atomic E-state index is 9.25. The van der Waals surface area contributed by atoms with Crippen LogP contribution < -0.4 is 0 Å². The Morgan fingerprint density at radius 3 is 2.38 bits per heavy atom. The minimum absolute atomic E-state index is 0.0781. The summed E-state index contributed by atoms with van der Waals surface area (Å²) >= 11 is 0. The van der Waals surface area contributed by atoms with Crippen molar-refractivity contribution < 1.29 is 10.2 Å². The summed E-state index contributed by atoms with van der Waals surface area (Å²) in [5.74, 6) is 0.0368. The van der Waals surface area contributed by atoms with Gasteiger partial charge in [0.05, 0.1) is 0 Å². The summed E-state index contributed by atoms with van der Waals surface area (Å²) < 4.78 is 0. The summed E-state index contributed by atoms with van der Waals surface area (Å²) in [4.78, 5) is 0. The van der Waals surface area contributed by atoms with Gasteiger partial charge in [-0.05, 0) is 24.6 Å². The fourth-order valence-electron chi connectivity index (χ4n) is 1.09. The molecule has 0 fully saturated rings. The molecular weight excluding hydrogens is 164 g/mol. The van der Waals surface area contributed by atoms with Crippen LogP contribution in [0, 0.1) is 0 Å². The van der Waals surface area contributed by atoms with Gasteiger partial charge in [-0.15, -0.1) is 0 Å². The maximum atomic E-state index is 9.25. The molecule has 1 rings (SSSR count). The van der Waals surface area contributed by atoms with E-state index in [0.717, 1.165) is 11.1 Å². The van der Waals surface area contributed by atoms with Crippen molar-refractivity contribution in [2.75, 3.05) is 0 Å². The van der Waals surface area contributed by atoms with Crippen LogP contribution in [0.15, 0.2) is 30.4 Å². The first kappa shape index (κ1) is 9.65. The van der Waals surface area contributed by atoms with Gasteiger partial charge in [0.2, 0.25) is 0 Å². The number of aromatic hydroxyl groups is 2. The molecule has 0 bridgehead atoms. The highest BCUT2D eigenvalue weighted by atomic mass is 16.3. The third kappa shape index (κ3) is 2.02. The van der Waals surface area contributed by atoms with E-state index in [1.54, 1.807) is 12.1 Å². The maximum Gasteiger partial charge on any atom is 0.157 e. The van der Waals surface area contributed by atoms with Gasteiger partial charge in [-0.25, -0.2) is 0 Å². The van der Waals surface area contributed by atoms with Crippen LogP contribution in [-0.2, 0) is 0 Å². The summed E-state index contributed by atoms with van der Waals surface area (Å²) in [6.07, 6.45) is 0. The molecule has 0 aromatic heterocycles. The standard InChI is InChI=1S/C11H14O2/c1-7(2)8(3)9-4-5-10(12)11(13)6-9/h4-6,8,12-13H,1H2,2-3H3. The minimum Gasteiger partial charge on any atom is -0.504 e. The lowest BCUT2D eigenvalue weighted by molar-refractivity contribution is 0.403. The van der Waals surface area contributed by atoms with Gasteiger partial charge >= 0.3 is 0 Å². The highest BCUT2D eigenvalue weighted by Gasteiger charge is 2.08. The van der Waals surface area contributed by atoms with E-state index in [1.807, 2.05) is 13.8 Å². The number of allylic oxidation sites excluding steroid dienone is 1. The summed E-state index contributed by atoms with van der Waals surface area (Å²) in [5, 5.41) is 18.3. The molecule has 0 amide bonds. The normalized spacial score (nSPS) is 12.5. The number of hydrogen-bond acceptors (Lipinski definition) is 2. The molecule has 1 aromatic rings. The molecule has 0 saturated carbocycles. The van der Waals surface area contributed by atoms with E-state index in [2.05, 4.69) is 6.58 Å². The van der Waals surface area contributed by atoms with Gasteiger partial charge in [0, 0.05) is 5.92 Å². The van der Waals surface area contributed by atoms with Gasteiger partial charge in [-0.1, -0.05) is 25.1 Å². The van der Waals surface area contributed by atoms with Crippen molar-refractivity contribution in [2.45, 2.75) is 19.8 Å². The molecule has 2 N–H and O–H groups in total. The van der Waals surface area contributed by atoms with Crippen molar-refractivity contribution in [3.8, 4) is 11.5 Å². The van der Waals surface area contributed by atoms with Crippen LogP contribution in [0.3, 0.4) is 0 Å². The van der Waals surface area contributed by atoms with Crippen LogP contribution in [0.25, 0.3) is 0 Å². The Morgan fingerprint density at radius 2 is 1.92 bits per heavy atom. The average Bonchev–Trinajstić information content (AvgIpc) is 2.08. The third-order valence-electron chi connectivity index (χ3n) is 2.24. The Hall–Kier alpha value is -1.44. The SMILES string of the molecule is C=C(C)C(C)c1ccc(O)c(O)c1. The lowest BCUT2D eigenvalue weighted by atomic mass is 9.95. The largest absolute Gasteiger partial charge is 0.504 e. The average molecular weight is 178 g/mol. The molecule has 2 nitrogen and oxygen atoms in total. The van der Waals surface area contributed by atoms with Crippen molar-refractivity contribution in [3.05, 3.63) is 35.9 Å². The highest BCUT2D eigenvalue weighted by Crippen LogP contribution is 2.30. The van der Waals surface area contributed by atoms with E-state index in [1.165, 1.54) is 6.07 Å². The molecule has 0 aliphatic carbocycles. The monoisotopic (exact) mass is 178 g/mol. The molecule has 0 radical (unpaired) electrons. The van der Waals surface area contributed by atoms with Crippen molar-refractivity contribution in [3.63, 3.8) is 0 Å². The van der Waals surface area contributed by atoms with E-state index in [4.69, 9.17) is 5.11 Å². The Bertz CT molecular complexity index is 329. The second kappa shape index (κ2) is 3.52. The second-order valence-corrected chi connectivity index (χ2v) is 3.32. The number of benzene rings is 1. The van der Waals surface area contributed by atoms with Crippen LogP contribution in [0.2, 0.25) is 0 Å². The van der Waals surface area contributed by atoms with E-state index in [-0.39, 0.29) is 17.4 Å². The first-order valence-corrected chi connectivity index (χ1v) is 4.19. The van der Waals surface area contributed by atoms with Crippen LogP contribution in [0.1, 0.15) is 25.3 Å². The molecule has 0 saturated heterocycles. The fraction of sp³-hybridized carbons (Fsp3) is 0.273. The summed E-state index contributed by atoms with van der Waals surface area (Å²) in [6.45, 7) is 7.79. The van der Waals surface area contributed by atoms with Gasteiger partial charge in [-0.3, -0.25) is 0 Å². The van der Waals surface area contributed by atoms with Crippen molar-refractivity contribution in [1.82, 2.24) is 0 Å². The molecule has 0 aliphatic heterocycles. The molecule has 1 unspecified atom stereocenters. The van der Waals surface area contributed by atoms with Crippen molar-refractivity contribution in [1.29, 1.82) is 0 Å². The number of phenols is 2. The Balaban J connectivity index is 3.03. The topological polar surface area (TPSA) is 40.5 Å². The molecule has 0 aliphatic rings. The van der Waals surface area contributed by atoms with E-state index >= 15 is 0 Å². The molecule has 0 heterocycles. The summed E-state index contributed by atoms with van der Waals surface area (Å²) in [7, 11) is 0. The van der Waals surface area contributed by atoms with Crippen LogP contribution >= 0.6 is 0 Å². The highest BCUT2D eigenvalue weighted by molar-refractivity contribution is 5.42. The first-order valence-electron chi connectivity index (χ1n) is 4.19. The lowest BCUT2D eigenvalue weighted by Crippen LogP contribution is -1.93. The van der Waals surface area contributed by atoms with Gasteiger partial charge in [-0.2, -0.15) is 0 Å². The summed E-state index contributed by atoms with van der Waals surface area (Å²) in [5.41, 5.74) is 1.99. The molecule has 70 valence electrons. The second-order valence-electron chi connectivity index (χ2n) is 3.32. The quantitative estimate of drug-likeness (QED) is 0.540. The van der Waals surface area contributed by atoms with Crippen molar-refractivity contribution in [2.24, 2.45) is 0 Å². The Labute approximate surface area is 78.2 Å². The van der Waals surface area contributed by atoms with Gasteiger partial charge < -0.3 is 10.2 Å². The smallest absolute Gasteiger partial charge is 0.157 e. The molecule has 13 heavy (non-hydrogen) atoms. The number of rotatable bonds is 2. The fourth-order valence-corrected chi connectivity index (χ4v) is 1.09. The van der Waals surface area contributed by atoms with Gasteiger partial charge in [0.1, 0.15) is 0 Å². The zero-order valence-electron chi connectivity index (χ0n) is 7.91. The zero-order valence-corrected chi connectivity index (χ0v) is 7.91. The van der Waals surface area contributed by atoms with Crippen molar-refractivity contribution >= 4 is 0 Å². The molecule has 1 atom stereocenters. The molecule has 1 aromatic carbocycles. The van der Waals surface area contributed by atoms with Gasteiger partial charge in [0.15, 0.2) is 11.5 Å². The third-order valence-corrected chi connectivity index (χ3v) is 2.24. The lowest BCUT2D eigenvalue weighted by Gasteiger charge is -2.11. The number of hydrogen-bond donors (Lipinski definition) is 2. The minimum atomic E-state index is -0.0855. The van der Waals surface area contributed by atoms with Crippen LogP contribution in [0.4, 0.5) is 0 Å². The van der Waals surface area contributed by atoms with E-state index in [9.17, 15) is 5.11 Å². The summed E-state index contributed by atoms with van der Waals surface area (Å²) in [6, 6.07) is 4.84. The zero-order chi connectivity index (χ0) is 10.0. The molecule has 2 heteroatoms. The molecule has 0 spiro atoms. The number of phenolic OH excluding ortho intramolecular Hbond substituents is 2. The van der Waals surface area contributed by atoms with Crippen LogP contribution in [0.5, 0.6) is 11.5 Å². The van der Waals surface area contributed by atoms with Crippen LogP contribution in [-0.4, -0.2) is 10.2 Å².